The van der Waals surface area contributed by atoms with Crippen LogP contribution in [-0.4, -0.2) is 23.2 Å². The Morgan fingerprint density at radius 1 is 1.35 bits per heavy atom. The van der Waals surface area contributed by atoms with Crippen LogP contribution in [0.4, 0.5) is 5.82 Å². The maximum absolute atomic E-state index is 12.3. The topological polar surface area (TPSA) is 103 Å². The third kappa shape index (κ3) is 2.81. The maximum Gasteiger partial charge on any atom is 0.246 e. The van der Waals surface area contributed by atoms with Crippen molar-refractivity contribution in [2.45, 2.75) is 25.3 Å². The molecule has 0 amide bonds. The molecule has 0 aliphatic rings. The Bertz CT molecular complexity index is 736. The Labute approximate surface area is 117 Å². The fraction of sp³-hybridized carbons (Fsp3) is 0.333. The molecule has 0 saturated carbocycles. The molecule has 3 N–H and O–H groups in total. The van der Waals surface area contributed by atoms with Crippen LogP contribution < -0.4 is 10.5 Å². The van der Waals surface area contributed by atoms with Crippen molar-refractivity contribution in [1.29, 1.82) is 0 Å². The van der Waals surface area contributed by atoms with Gasteiger partial charge in [0.2, 0.25) is 10.0 Å². The lowest BCUT2D eigenvalue weighted by Gasteiger charge is -2.07. The zero-order valence-corrected chi connectivity index (χ0v) is 12.4. The van der Waals surface area contributed by atoms with Crippen LogP contribution >= 0.6 is 0 Å². The second-order valence-corrected chi connectivity index (χ2v) is 6.22. The van der Waals surface area contributed by atoms with E-state index in [0.29, 0.717) is 11.4 Å². The zero-order valence-electron chi connectivity index (χ0n) is 11.6. The molecule has 8 heteroatoms. The van der Waals surface area contributed by atoms with Crippen LogP contribution in [0.2, 0.25) is 0 Å². The summed E-state index contributed by atoms with van der Waals surface area (Å²) >= 11 is 0. The molecular formula is C12H17N5O2S. The van der Waals surface area contributed by atoms with Gasteiger partial charge >= 0.3 is 0 Å². The van der Waals surface area contributed by atoms with Crippen LogP contribution in [0.3, 0.4) is 0 Å². The highest BCUT2D eigenvalue weighted by Gasteiger charge is 2.24. The molecule has 0 bridgehead atoms. The second-order valence-electron chi connectivity index (χ2n) is 4.52. The summed E-state index contributed by atoms with van der Waals surface area (Å²) in [7, 11) is -2.06. The number of anilines is 1. The van der Waals surface area contributed by atoms with Crippen molar-refractivity contribution in [3.63, 3.8) is 0 Å². The number of pyridine rings is 1. The van der Waals surface area contributed by atoms with E-state index < -0.39 is 10.0 Å². The van der Waals surface area contributed by atoms with Gasteiger partial charge in [0, 0.05) is 12.7 Å². The predicted molar refractivity (Wildman–Crippen MR) is 75.4 cm³/mol. The Morgan fingerprint density at radius 2 is 2.05 bits per heavy atom. The molecule has 2 aromatic heterocycles. The number of aryl methyl sites for hydroxylation is 2. The third-order valence-electron chi connectivity index (χ3n) is 2.96. The fourth-order valence-electron chi connectivity index (χ4n) is 1.89. The van der Waals surface area contributed by atoms with Crippen LogP contribution in [0, 0.1) is 13.8 Å². The molecular weight excluding hydrogens is 278 g/mol. The number of hydrogen-bond donors (Lipinski definition) is 2. The summed E-state index contributed by atoms with van der Waals surface area (Å²) in [5, 5.41) is 3.91. The van der Waals surface area contributed by atoms with E-state index in [0.717, 1.165) is 5.69 Å². The molecule has 2 aromatic rings. The third-order valence-corrected chi connectivity index (χ3v) is 4.53. The normalized spacial score (nSPS) is 11.8. The standard InChI is InChI=1S/C12H17N5O2S/c1-8-5-4-6-10(15-8)7-14-20(18,19)11-9(2)17(3)16-12(11)13/h4-6,14H,7H2,1-3H3,(H2,13,16). The van der Waals surface area contributed by atoms with Gasteiger partial charge in [0.15, 0.2) is 5.82 Å². The average molecular weight is 295 g/mol. The Balaban J connectivity index is 2.24. The summed E-state index contributed by atoms with van der Waals surface area (Å²) in [6, 6.07) is 5.44. The van der Waals surface area contributed by atoms with Gasteiger partial charge in [0.1, 0.15) is 4.90 Å². The Kier molecular flexibility index (Phi) is 3.78. The van der Waals surface area contributed by atoms with Crippen LogP contribution in [-0.2, 0) is 23.6 Å². The van der Waals surface area contributed by atoms with Gasteiger partial charge in [0.05, 0.1) is 17.9 Å². The van der Waals surface area contributed by atoms with Crippen molar-refractivity contribution in [3.8, 4) is 0 Å². The minimum absolute atomic E-state index is 0.00491. The summed E-state index contributed by atoms with van der Waals surface area (Å²) in [6.07, 6.45) is 0. The van der Waals surface area contributed by atoms with Crippen molar-refractivity contribution >= 4 is 15.8 Å². The minimum atomic E-state index is -3.71. The molecule has 0 atom stereocenters. The lowest BCUT2D eigenvalue weighted by atomic mass is 10.3. The van der Waals surface area contributed by atoms with Gasteiger partial charge in [-0.15, -0.1) is 0 Å². The lowest BCUT2D eigenvalue weighted by Crippen LogP contribution is -2.25. The monoisotopic (exact) mass is 295 g/mol. The quantitative estimate of drug-likeness (QED) is 0.854. The summed E-state index contributed by atoms with van der Waals surface area (Å²) in [5.74, 6) is -0.00491. The van der Waals surface area contributed by atoms with E-state index in [1.807, 2.05) is 19.1 Å². The number of sulfonamides is 1. The van der Waals surface area contributed by atoms with Gasteiger partial charge in [-0.2, -0.15) is 5.10 Å². The molecule has 2 rings (SSSR count). The van der Waals surface area contributed by atoms with Crippen molar-refractivity contribution in [1.82, 2.24) is 19.5 Å². The van der Waals surface area contributed by atoms with E-state index in [9.17, 15) is 8.42 Å². The van der Waals surface area contributed by atoms with Crippen molar-refractivity contribution in [2.75, 3.05) is 5.73 Å². The number of nitrogens with two attached hydrogens (primary N) is 1. The second kappa shape index (κ2) is 5.22. The van der Waals surface area contributed by atoms with Crippen LogP contribution in [0.25, 0.3) is 0 Å². The Morgan fingerprint density at radius 3 is 2.60 bits per heavy atom. The fourth-order valence-corrected chi connectivity index (χ4v) is 3.20. The molecule has 7 nitrogen and oxygen atoms in total. The average Bonchev–Trinajstić information content (AvgIpc) is 2.61. The lowest BCUT2D eigenvalue weighted by molar-refractivity contribution is 0.579. The smallest absolute Gasteiger partial charge is 0.246 e. The first-order chi connectivity index (χ1) is 9.31. The molecule has 0 aliphatic carbocycles. The first-order valence-corrected chi connectivity index (χ1v) is 7.51. The van der Waals surface area contributed by atoms with Gasteiger partial charge in [0.25, 0.3) is 0 Å². The van der Waals surface area contributed by atoms with Crippen molar-refractivity contribution in [3.05, 3.63) is 35.3 Å². The zero-order chi connectivity index (χ0) is 14.9. The maximum atomic E-state index is 12.3. The van der Waals surface area contributed by atoms with Crippen LogP contribution in [0.15, 0.2) is 23.1 Å². The Hall–Kier alpha value is -1.93. The number of hydrogen-bond acceptors (Lipinski definition) is 5. The van der Waals surface area contributed by atoms with E-state index >= 15 is 0 Å². The van der Waals surface area contributed by atoms with Gasteiger partial charge in [-0.05, 0) is 26.0 Å². The molecule has 0 aromatic carbocycles. The number of rotatable bonds is 4. The highest BCUT2D eigenvalue weighted by atomic mass is 32.2. The van der Waals surface area contributed by atoms with E-state index in [4.69, 9.17) is 5.73 Å². The molecule has 20 heavy (non-hydrogen) atoms. The molecule has 0 unspecified atom stereocenters. The number of aromatic nitrogens is 3. The van der Waals surface area contributed by atoms with Gasteiger partial charge in [-0.3, -0.25) is 9.67 Å². The summed E-state index contributed by atoms with van der Waals surface area (Å²) in [5.41, 5.74) is 7.63. The largest absolute Gasteiger partial charge is 0.381 e. The molecule has 0 radical (unpaired) electrons. The SMILES string of the molecule is Cc1cccc(CNS(=O)(=O)c2c(N)nn(C)c2C)n1. The van der Waals surface area contributed by atoms with Crippen molar-refractivity contribution in [2.24, 2.45) is 7.05 Å². The molecule has 0 aliphatic heterocycles. The molecule has 0 fully saturated rings. The summed E-state index contributed by atoms with van der Waals surface area (Å²) in [4.78, 5) is 4.26. The first kappa shape index (κ1) is 14.5. The summed E-state index contributed by atoms with van der Waals surface area (Å²) in [6.45, 7) is 3.61. The predicted octanol–water partition coefficient (Wildman–Crippen LogP) is 0.493. The number of nitrogens with one attached hydrogen (secondary N) is 1. The molecule has 0 spiro atoms. The molecule has 0 saturated heterocycles. The summed E-state index contributed by atoms with van der Waals surface area (Å²) < 4.78 is 28.5. The highest BCUT2D eigenvalue weighted by Crippen LogP contribution is 2.20. The van der Waals surface area contributed by atoms with E-state index in [1.54, 1.807) is 20.0 Å². The molecule has 2 heterocycles. The van der Waals surface area contributed by atoms with Crippen LogP contribution in [0.5, 0.6) is 0 Å². The molecule has 108 valence electrons. The minimum Gasteiger partial charge on any atom is -0.381 e. The van der Waals surface area contributed by atoms with E-state index in [-0.39, 0.29) is 17.3 Å². The van der Waals surface area contributed by atoms with Gasteiger partial charge in [-0.25, -0.2) is 13.1 Å². The van der Waals surface area contributed by atoms with Gasteiger partial charge in [-0.1, -0.05) is 6.07 Å². The first-order valence-electron chi connectivity index (χ1n) is 6.02. The van der Waals surface area contributed by atoms with E-state index in [1.165, 1.54) is 4.68 Å². The van der Waals surface area contributed by atoms with E-state index in [2.05, 4.69) is 14.8 Å². The van der Waals surface area contributed by atoms with Crippen LogP contribution in [0.1, 0.15) is 17.1 Å². The number of nitrogen functional groups attached to an aromatic ring is 1. The number of nitrogens with zero attached hydrogens (tertiary/aromatic N) is 3. The highest BCUT2D eigenvalue weighted by molar-refractivity contribution is 7.89. The van der Waals surface area contributed by atoms with Gasteiger partial charge < -0.3 is 5.73 Å². The van der Waals surface area contributed by atoms with Crippen molar-refractivity contribution < 1.29 is 8.42 Å².